The van der Waals surface area contributed by atoms with Crippen LogP contribution in [0.4, 0.5) is 0 Å². The molecule has 1 aliphatic carbocycles. The summed E-state index contributed by atoms with van der Waals surface area (Å²) in [5, 5.41) is 9.30. The van der Waals surface area contributed by atoms with Crippen LogP contribution < -0.4 is 0 Å². The minimum atomic E-state index is 0.412. The molecular weight excluding hydrogens is 302 g/mol. The second-order valence-electron chi connectivity index (χ2n) is 6.09. The highest BCUT2D eigenvalue weighted by atomic mass is 32.1. The van der Waals surface area contributed by atoms with Gasteiger partial charge in [-0.15, -0.1) is 11.3 Å². The van der Waals surface area contributed by atoms with Gasteiger partial charge < -0.3 is 0 Å². The van der Waals surface area contributed by atoms with Gasteiger partial charge in [-0.3, -0.25) is 4.40 Å². The minimum Gasteiger partial charge on any atom is -0.290 e. The van der Waals surface area contributed by atoms with E-state index in [1.165, 1.54) is 29.0 Å². The van der Waals surface area contributed by atoms with E-state index in [1.807, 2.05) is 0 Å². The summed E-state index contributed by atoms with van der Waals surface area (Å²) in [5.41, 5.74) is 5.88. The van der Waals surface area contributed by atoms with Gasteiger partial charge in [-0.1, -0.05) is 31.2 Å². The molecule has 1 aromatic carbocycles. The maximum atomic E-state index is 9.30. The Morgan fingerprint density at radius 2 is 2.00 bits per heavy atom. The van der Waals surface area contributed by atoms with Crippen molar-refractivity contribution in [2.45, 2.75) is 45.4 Å². The number of rotatable bonds is 3. The smallest absolute Gasteiger partial charge is 0.194 e. The fourth-order valence-electron chi connectivity index (χ4n) is 3.46. The lowest BCUT2D eigenvalue weighted by molar-refractivity contribution is 0.671. The van der Waals surface area contributed by atoms with Crippen molar-refractivity contribution in [3.63, 3.8) is 0 Å². The molecule has 0 radical (unpaired) electrons. The van der Waals surface area contributed by atoms with Gasteiger partial charge in [0.15, 0.2) is 4.96 Å². The van der Waals surface area contributed by atoms with Crippen molar-refractivity contribution >= 4 is 16.3 Å². The average Bonchev–Trinajstić information content (AvgIpc) is 3.12. The largest absolute Gasteiger partial charge is 0.290 e. The summed E-state index contributed by atoms with van der Waals surface area (Å²) < 4.78 is 2.27. The molecule has 0 saturated heterocycles. The van der Waals surface area contributed by atoms with Crippen molar-refractivity contribution in [1.82, 2.24) is 9.38 Å². The van der Waals surface area contributed by atoms with Crippen LogP contribution in [0.25, 0.3) is 16.2 Å². The number of nitrogens with zero attached hydrogens (tertiary/aromatic N) is 3. The van der Waals surface area contributed by atoms with E-state index in [-0.39, 0.29) is 0 Å². The number of nitriles is 1. The number of thiazole rings is 1. The number of hydrogen-bond acceptors (Lipinski definition) is 3. The van der Waals surface area contributed by atoms with Crippen molar-refractivity contribution < 1.29 is 0 Å². The molecule has 0 N–H and O–H groups in total. The molecule has 0 amide bonds. The Hall–Kier alpha value is -2.12. The predicted molar refractivity (Wildman–Crippen MR) is 93.8 cm³/mol. The molecule has 0 unspecified atom stereocenters. The first-order valence-electron chi connectivity index (χ1n) is 8.30. The van der Waals surface area contributed by atoms with Crippen LogP contribution in [0.5, 0.6) is 0 Å². The highest BCUT2D eigenvalue weighted by molar-refractivity contribution is 7.17. The number of imidazole rings is 1. The Kier molecular flexibility index (Phi) is 3.66. The summed E-state index contributed by atoms with van der Waals surface area (Å²) in [5.74, 6) is 0. The molecule has 0 aliphatic heterocycles. The number of benzene rings is 1. The zero-order valence-electron chi connectivity index (χ0n) is 13.3. The van der Waals surface area contributed by atoms with Gasteiger partial charge in [-0.2, -0.15) is 5.26 Å². The summed E-state index contributed by atoms with van der Waals surface area (Å²) >= 11 is 1.81. The molecule has 0 atom stereocenters. The van der Waals surface area contributed by atoms with E-state index in [1.54, 1.807) is 11.3 Å². The van der Waals surface area contributed by atoms with Gasteiger partial charge in [-0.25, -0.2) is 4.98 Å². The fraction of sp³-hybridized carbons (Fsp3) is 0.368. The first-order valence-corrected chi connectivity index (χ1v) is 9.11. The first kappa shape index (κ1) is 14.5. The van der Waals surface area contributed by atoms with Crippen LogP contribution in [-0.2, 0) is 25.7 Å². The third-order valence-corrected chi connectivity index (χ3v) is 5.84. The van der Waals surface area contributed by atoms with Crippen molar-refractivity contribution in [1.29, 1.82) is 5.26 Å². The highest BCUT2D eigenvalue weighted by Gasteiger charge is 2.22. The quantitative estimate of drug-likeness (QED) is 0.709. The molecule has 2 aromatic heterocycles. The molecule has 1 aliphatic rings. The van der Waals surface area contributed by atoms with E-state index in [0.717, 1.165) is 41.2 Å². The molecule has 4 rings (SSSR count). The summed E-state index contributed by atoms with van der Waals surface area (Å²) in [6, 6.07) is 10.9. The van der Waals surface area contributed by atoms with Gasteiger partial charge in [0.1, 0.15) is 0 Å². The maximum absolute atomic E-state index is 9.30. The third-order valence-electron chi connectivity index (χ3n) is 4.70. The number of aryl methyl sites for hydroxylation is 3. The number of aromatic nitrogens is 2. The molecule has 0 saturated carbocycles. The Morgan fingerprint density at radius 1 is 1.22 bits per heavy atom. The molecule has 2 heterocycles. The number of fused-ring (bicyclic) bond motifs is 3. The van der Waals surface area contributed by atoms with Gasteiger partial charge in [0, 0.05) is 16.1 Å². The molecule has 0 bridgehead atoms. The van der Waals surface area contributed by atoms with E-state index < -0.39 is 0 Å². The van der Waals surface area contributed by atoms with Crippen LogP contribution in [0.3, 0.4) is 0 Å². The van der Waals surface area contributed by atoms with Crippen LogP contribution in [0.2, 0.25) is 0 Å². The zero-order valence-corrected chi connectivity index (χ0v) is 14.1. The van der Waals surface area contributed by atoms with E-state index in [4.69, 9.17) is 4.98 Å². The van der Waals surface area contributed by atoms with Crippen molar-refractivity contribution in [2.24, 2.45) is 0 Å². The second kappa shape index (κ2) is 5.82. The average molecular weight is 321 g/mol. The molecule has 0 fully saturated rings. The van der Waals surface area contributed by atoms with Crippen molar-refractivity contribution in [2.75, 3.05) is 0 Å². The van der Waals surface area contributed by atoms with Gasteiger partial charge in [0.25, 0.3) is 0 Å². The standard InChI is InChI=1S/C19H19N3S/c1-2-13-7-9-14(10-8-13)18-16(11-12-20)22-15-5-3-4-6-17(15)23-19(22)21-18/h7-10H,2-6,11H2,1H3. The molecule has 116 valence electrons. The third kappa shape index (κ3) is 2.36. The van der Waals surface area contributed by atoms with Gasteiger partial charge in [-0.05, 0) is 37.7 Å². The van der Waals surface area contributed by atoms with Crippen LogP contribution in [0.1, 0.15) is 41.6 Å². The lowest BCUT2D eigenvalue weighted by Gasteiger charge is -2.12. The Morgan fingerprint density at radius 3 is 2.74 bits per heavy atom. The second-order valence-corrected chi connectivity index (χ2v) is 7.15. The van der Waals surface area contributed by atoms with Crippen molar-refractivity contribution in [3.8, 4) is 17.3 Å². The van der Waals surface area contributed by atoms with Crippen LogP contribution in [0.15, 0.2) is 24.3 Å². The first-order chi connectivity index (χ1) is 11.3. The maximum Gasteiger partial charge on any atom is 0.194 e. The predicted octanol–water partition coefficient (Wildman–Crippen LogP) is 4.57. The van der Waals surface area contributed by atoms with Gasteiger partial charge in [0.2, 0.25) is 0 Å². The monoisotopic (exact) mass is 321 g/mol. The minimum absolute atomic E-state index is 0.412. The summed E-state index contributed by atoms with van der Waals surface area (Å²) in [6.07, 6.45) is 6.24. The Balaban J connectivity index is 1.90. The van der Waals surface area contributed by atoms with E-state index in [2.05, 4.69) is 41.7 Å². The van der Waals surface area contributed by atoms with E-state index >= 15 is 0 Å². The molecule has 3 aromatic rings. The van der Waals surface area contributed by atoms with Crippen LogP contribution >= 0.6 is 11.3 Å². The normalized spacial score (nSPS) is 13.9. The van der Waals surface area contributed by atoms with Crippen molar-refractivity contribution in [3.05, 3.63) is 46.1 Å². The van der Waals surface area contributed by atoms with Gasteiger partial charge >= 0.3 is 0 Å². The summed E-state index contributed by atoms with van der Waals surface area (Å²) in [4.78, 5) is 7.41. The molecule has 0 spiro atoms. The highest BCUT2D eigenvalue weighted by Crippen LogP contribution is 2.35. The summed E-state index contributed by atoms with van der Waals surface area (Å²) in [6.45, 7) is 2.16. The van der Waals surface area contributed by atoms with Crippen LogP contribution in [-0.4, -0.2) is 9.38 Å². The number of hydrogen-bond donors (Lipinski definition) is 0. The molecule has 3 nitrogen and oxygen atoms in total. The topological polar surface area (TPSA) is 41.1 Å². The lowest BCUT2D eigenvalue weighted by Crippen LogP contribution is -2.05. The molecule has 23 heavy (non-hydrogen) atoms. The Bertz CT molecular complexity index is 893. The fourth-order valence-corrected chi connectivity index (χ4v) is 4.69. The Labute approximate surface area is 140 Å². The summed E-state index contributed by atoms with van der Waals surface area (Å²) in [7, 11) is 0. The van der Waals surface area contributed by atoms with E-state index in [9.17, 15) is 5.26 Å². The van der Waals surface area contributed by atoms with E-state index in [0.29, 0.717) is 6.42 Å². The molecular formula is C19H19N3S. The SMILES string of the molecule is CCc1ccc(-c2nc3sc4c(n3c2CC#N)CCCC4)cc1. The molecule has 4 heteroatoms. The van der Waals surface area contributed by atoms with Gasteiger partial charge in [0.05, 0.1) is 23.9 Å². The lowest BCUT2D eigenvalue weighted by atomic mass is 10.0. The van der Waals surface area contributed by atoms with Crippen LogP contribution in [0, 0.1) is 11.3 Å². The zero-order chi connectivity index (χ0) is 15.8.